The highest BCUT2D eigenvalue weighted by molar-refractivity contribution is 6.46. The molecular weight excluding hydrogens is 388 g/mol. The maximum Gasteiger partial charge on any atom is 0.282 e. The molecule has 0 unspecified atom stereocenters. The second-order valence-corrected chi connectivity index (χ2v) is 7.67. The number of hydrogen-bond donors (Lipinski definition) is 1. The van der Waals surface area contributed by atoms with E-state index in [1.165, 1.54) is 4.90 Å². The molecule has 0 atom stereocenters. The van der Waals surface area contributed by atoms with Crippen LogP contribution in [0.3, 0.4) is 0 Å². The Morgan fingerprint density at radius 3 is 2.16 bits per heavy atom. The summed E-state index contributed by atoms with van der Waals surface area (Å²) in [5.41, 5.74) is 5.56. The molecule has 5 nitrogen and oxygen atoms in total. The number of benzene rings is 3. The number of nitrogens with one attached hydrogen (secondary N) is 1. The molecule has 0 bridgehead atoms. The molecule has 0 saturated carbocycles. The standard InChI is InChI=1S/C26H24N2O3/c1-16-9-12-19(13-10-16)28-25(29)23(20-14-11-17(2)15-18(20)3)24(26(28)30)27-21-7-5-6-8-22(21)31-4/h5-15,27H,1-4H3. The third kappa shape index (κ3) is 3.70. The van der Waals surface area contributed by atoms with Gasteiger partial charge < -0.3 is 10.1 Å². The Kier molecular flexibility index (Phi) is 5.34. The molecule has 31 heavy (non-hydrogen) atoms. The predicted molar refractivity (Wildman–Crippen MR) is 123 cm³/mol. The van der Waals surface area contributed by atoms with Crippen LogP contribution in [0, 0.1) is 20.8 Å². The van der Waals surface area contributed by atoms with Crippen molar-refractivity contribution in [1.82, 2.24) is 0 Å². The van der Waals surface area contributed by atoms with E-state index >= 15 is 0 Å². The van der Waals surface area contributed by atoms with Crippen molar-refractivity contribution in [3.8, 4) is 5.75 Å². The Morgan fingerprint density at radius 1 is 0.806 bits per heavy atom. The van der Waals surface area contributed by atoms with Gasteiger partial charge in [0.1, 0.15) is 11.4 Å². The number of methoxy groups -OCH3 is 1. The van der Waals surface area contributed by atoms with E-state index in [-0.39, 0.29) is 11.6 Å². The molecule has 0 fully saturated rings. The fourth-order valence-electron chi connectivity index (χ4n) is 3.80. The maximum absolute atomic E-state index is 13.6. The normalized spacial score (nSPS) is 13.7. The summed E-state index contributed by atoms with van der Waals surface area (Å²) in [5, 5.41) is 3.18. The monoisotopic (exact) mass is 412 g/mol. The van der Waals surface area contributed by atoms with Crippen molar-refractivity contribution in [3.63, 3.8) is 0 Å². The van der Waals surface area contributed by atoms with Crippen molar-refractivity contribution in [2.24, 2.45) is 0 Å². The molecule has 1 aliphatic heterocycles. The lowest BCUT2D eigenvalue weighted by molar-refractivity contribution is -0.120. The minimum Gasteiger partial charge on any atom is -0.495 e. The first-order valence-electron chi connectivity index (χ1n) is 10.1. The number of carbonyl (C=O) groups excluding carboxylic acids is 2. The van der Waals surface area contributed by atoms with Crippen molar-refractivity contribution in [3.05, 3.63) is 94.7 Å². The zero-order valence-corrected chi connectivity index (χ0v) is 18.0. The molecule has 0 spiro atoms. The van der Waals surface area contributed by atoms with E-state index in [2.05, 4.69) is 5.32 Å². The fourth-order valence-corrected chi connectivity index (χ4v) is 3.80. The van der Waals surface area contributed by atoms with Crippen LogP contribution >= 0.6 is 0 Å². The highest BCUT2D eigenvalue weighted by atomic mass is 16.5. The molecule has 3 aromatic carbocycles. The molecule has 0 saturated heterocycles. The molecule has 2 amide bonds. The number of ether oxygens (including phenoxy) is 1. The lowest BCUT2D eigenvalue weighted by Crippen LogP contribution is -2.32. The van der Waals surface area contributed by atoms with Gasteiger partial charge in [0, 0.05) is 0 Å². The van der Waals surface area contributed by atoms with Crippen molar-refractivity contribution < 1.29 is 14.3 Å². The summed E-state index contributed by atoms with van der Waals surface area (Å²) in [5.74, 6) is -0.156. The molecule has 156 valence electrons. The van der Waals surface area contributed by atoms with Crippen LogP contribution in [0.2, 0.25) is 0 Å². The van der Waals surface area contributed by atoms with Crippen LogP contribution in [0.4, 0.5) is 11.4 Å². The van der Waals surface area contributed by atoms with Gasteiger partial charge in [0.15, 0.2) is 0 Å². The van der Waals surface area contributed by atoms with Crippen LogP contribution in [-0.4, -0.2) is 18.9 Å². The second kappa shape index (κ2) is 8.11. The van der Waals surface area contributed by atoms with Crippen LogP contribution in [0.25, 0.3) is 5.57 Å². The molecule has 0 aromatic heterocycles. The van der Waals surface area contributed by atoms with E-state index in [0.29, 0.717) is 22.7 Å². The van der Waals surface area contributed by atoms with Gasteiger partial charge in [-0.25, -0.2) is 4.90 Å². The van der Waals surface area contributed by atoms with Crippen molar-refractivity contribution in [2.45, 2.75) is 20.8 Å². The number of para-hydroxylation sites is 2. The molecule has 5 heteroatoms. The highest BCUT2D eigenvalue weighted by Crippen LogP contribution is 2.36. The number of anilines is 2. The van der Waals surface area contributed by atoms with Gasteiger partial charge in [-0.2, -0.15) is 0 Å². The van der Waals surface area contributed by atoms with Crippen LogP contribution in [0.15, 0.2) is 72.4 Å². The van der Waals surface area contributed by atoms with Crippen LogP contribution in [0.5, 0.6) is 5.75 Å². The molecular formula is C26H24N2O3. The SMILES string of the molecule is COc1ccccc1NC1=C(c2ccc(C)cc2C)C(=O)N(c2ccc(C)cc2)C1=O. The lowest BCUT2D eigenvalue weighted by atomic mass is 9.97. The molecule has 0 radical (unpaired) electrons. The number of amides is 2. The summed E-state index contributed by atoms with van der Waals surface area (Å²) in [6, 6.07) is 20.5. The van der Waals surface area contributed by atoms with Gasteiger partial charge in [-0.1, -0.05) is 53.6 Å². The predicted octanol–water partition coefficient (Wildman–Crippen LogP) is 5.02. The van der Waals surface area contributed by atoms with E-state index in [1.54, 1.807) is 25.3 Å². The first-order chi connectivity index (χ1) is 14.9. The number of rotatable bonds is 5. The molecule has 1 N–H and O–H groups in total. The highest BCUT2D eigenvalue weighted by Gasteiger charge is 2.40. The zero-order chi connectivity index (χ0) is 22.1. The Bertz CT molecular complexity index is 1210. The Balaban J connectivity index is 1.87. The molecule has 1 heterocycles. The van der Waals surface area contributed by atoms with Gasteiger partial charge in [-0.15, -0.1) is 0 Å². The maximum atomic E-state index is 13.6. The van der Waals surface area contributed by atoms with Crippen molar-refractivity contribution >= 4 is 28.8 Å². The van der Waals surface area contributed by atoms with Crippen LogP contribution < -0.4 is 15.0 Å². The summed E-state index contributed by atoms with van der Waals surface area (Å²) in [4.78, 5) is 28.3. The van der Waals surface area contributed by atoms with Gasteiger partial charge in [0.2, 0.25) is 0 Å². The Hall–Kier alpha value is -3.86. The van der Waals surface area contributed by atoms with Gasteiger partial charge in [0.05, 0.1) is 24.1 Å². The van der Waals surface area contributed by atoms with E-state index in [0.717, 1.165) is 22.3 Å². The second-order valence-electron chi connectivity index (χ2n) is 7.67. The largest absolute Gasteiger partial charge is 0.495 e. The van der Waals surface area contributed by atoms with E-state index in [4.69, 9.17) is 4.74 Å². The smallest absolute Gasteiger partial charge is 0.282 e. The van der Waals surface area contributed by atoms with Gasteiger partial charge in [-0.3, -0.25) is 9.59 Å². The third-order valence-electron chi connectivity index (χ3n) is 5.39. The number of hydrogen-bond acceptors (Lipinski definition) is 4. The lowest BCUT2D eigenvalue weighted by Gasteiger charge is -2.16. The van der Waals surface area contributed by atoms with Crippen LogP contribution in [0.1, 0.15) is 22.3 Å². The average Bonchev–Trinajstić information content (AvgIpc) is 2.99. The number of aryl methyl sites for hydroxylation is 3. The van der Waals surface area contributed by atoms with Crippen LogP contribution in [-0.2, 0) is 9.59 Å². The first kappa shape index (κ1) is 20.4. The summed E-state index contributed by atoms with van der Waals surface area (Å²) >= 11 is 0. The minimum atomic E-state index is -0.394. The molecule has 0 aliphatic carbocycles. The van der Waals surface area contributed by atoms with E-state index in [9.17, 15) is 9.59 Å². The molecule has 4 rings (SSSR count). The topological polar surface area (TPSA) is 58.6 Å². The Morgan fingerprint density at radius 2 is 1.48 bits per heavy atom. The quantitative estimate of drug-likeness (QED) is 0.598. The summed E-state index contributed by atoms with van der Waals surface area (Å²) in [7, 11) is 1.57. The van der Waals surface area contributed by atoms with Crippen molar-refractivity contribution in [1.29, 1.82) is 0 Å². The molecule has 1 aliphatic rings. The minimum absolute atomic E-state index is 0.238. The van der Waals surface area contributed by atoms with Gasteiger partial charge in [-0.05, 0) is 56.2 Å². The first-order valence-corrected chi connectivity index (χ1v) is 10.1. The summed E-state index contributed by atoms with van der Waals surface area (Å²) in [6.45, 7) is 5.91. The summed E-state index contributed by atoms with van der Waals surface area (Å²) < 4.78 is 5.43. The van der Waals surface area contributed by atoms with Crippen molar-refractivity contribution in [2.75, 3.05) is 17.3 Å². The average molecular weight is 412 g/mol. The van der Waals surface area contributed by atoms with E-state index in [1.807, 2.05) is 69.3 Å². The fraction of sp³-hybridized carbons (Fsp3) is 0.154. The number of nitrogens with zero attached hydrogens (tertiary/aromatic N) is 1. The van der Waals surface area contributed by atoms with Gasteiger partial charge in [0.25, 0.3) is 11.8 Å². The number of carbonyl (C=O) groups is 2. The van der Waals surface area contributed by atoms with Gasteiger partial charge >= 0.3 is 0 Å². The summed E-state index contributed by atoms with van der Waals surface area (Å²) in [6.07, 6.45) is 0. The third-order valence-corrected chi connectivity index (χ3v) is 5.39. The number of imide groups is 1. The van der Waals surface area contributed by atoms with E-state index < -0.39 is 5.91 Å². The zero-order valence-electron chi connectivity index (χ0n) is 18.0. The molecule has 3 aromatic rings. The Labute approximate surface area is 182 Å².